The van der Waals surface area contributed by atoms with E-state index in [-0.39, 0.29) is 17.8 Å². The number of nitrogens with zero attached hydrogens (tertiary/aromatic N) is 4. The Bertz CT molecular complexity index is 1170. The number of ether oxygens (including phenoxy) is 1. The van der Waals surface area contributed by atoms with Crippen LogP contribution in [0.5, 0.6) is 0 Å². The van der Waals surface area contributed by atoms with Gasteiger partial charge < -0.3 is 9.26 Å². The average Bonchev–Trinajstić information content (AvgIpc) is 3.40. The van der Waals surface area contributed by atoms with Crippen LogP contribution in [-0.2, 0) is 24.1 Å². The first kappa shape index (κ1) is 18.6. The third-order valence-corrected chi connectivity index (χ3v) is 4.92. The summed E-state index contributed by atoms with van der Waals surface area (Å²) in [7, 11) is 0. The Morgan fingerprint density at radius 1 is 1.00 bits per heavy atom. The molecule has 1 aliphatic rings. The van der Waals surface area contributed by atoms with Gasteiger partial charge in [-0.25, -0.2) is 0 Å². The number of hydrogen-bond acceptors (Lipinski definition) is 5. The van der Waals surface area contributed by atoms with Crippen LogP contribution in [0.1, 0.15) is 22.9 Å². The molecule has 5 rings (SSSR count). The second-order valence-corrected chi connectivity index (χ2v) is 6.91. The molecule has 0 N–H and O–H groups in total. The third-order valence-electron chi connectivity index (χ3n) is 4.92. The molecule has 0 amide bonds. The molecule has 6 nitrogen and oxygen atoms in total. The highest BCUT2D eigenvalue weighted by Crippen LogP contribution is 2.32. The first-order valence-electron chi connectivity index (χ1n) is 9.22. The zero-order valence-electron chi connectivity index (χ0n) is 15.5. The van der Waals surface area contributed by atoms with Crippen molar-refractivity contribution in [3.8, 4) is 23.0 Å². The van der Waals surface area contributed by atoms with Crippen LogP contribution < -0.4 is 0 Å². The molecule has 152 valence electrons. The number of benzene rings is 2. The molecule has 2 aromatic carbocycles. The molecular weight excluding hydrogens is 397 g/mol. The van der Waals surface area contributed by atoms with Gasteiger partial charge in [0.25, 0.3) is 5.89 Å². The monoisotopic (exact) mass is 412 g/mol. The summed E-state index contributed by atoms with van der Waals surface area (Å²) >= 11 is 0. The lowest BCUT2D eigenvalue weighted by atomic mass is 10.1. The topological polar surface area (TPSA) is 66.0 Å². The fraction of sp³-hybridized carbons (Fsp3) is 0.190. The van der Waals surface area contributed by atoms with Crippen molar-refractivity contribution < 1.29 is 22.4 Å². The highest BCUT2D eigenvalue weighted by atomic mass is 19.4. The van der Waals surface area contributed by atoms with Crippen molar-refractivity contribution in [1.82, 2.24) is 19.9 Å². The van der Waals surface area contributed by atoms with Crippen molar-refractivity contribution in [1.29, 1.82) is 0 Å². The van der Waals surface area contributed by atoms with Gasteiger partial charge >= 0.3 is 6.18 Å². The van der Waals surface area contributed by atoms with E-state index < -0.39 is 11.7 Å². The minimum absolute atomic E-state index is 0.100. The van der Waals surface area contributed by atoms with Gasteiger partial charge in [-0.1, -0.05) is 47.6 Å². The van der Waals surface area contributed by atoms with E-state index in [1.165, 1.54) is 12.1 Å². The predicted molar refractivity (Wildman–Crippen MR) is 99.9 cm³/mol. The van der Waals surface area contributed by atoms with E-state index in [0.29, 0.717) is 24.4 Å². The molecule has 0 unspecified atom stereocenters. The molecule has 0 fully saturated rings. The molecule has 1 atom stereocenters. The third kappa shape index (κ3) is 3.48. The predicted octanol–water partition coefficient (Wildman–Crippen LogP) is 4.89. The van der Waals surface area contributed by atoms with E-state index in [9.17, 15) is 13.2 Å². The second-order valence-electron chi connectivity index (χ2n) is 6.91. The van der Waals surface area contributed by atoms with Gasteiger partial charge in [-0.05, 0) is 23.8 Å². The van der Waals surface area contributed by atoms with Gasteiger partial charge in [-0.2, -0.15) is 23.3 Å². The molecule has 1 aliphatic heterocycles. The standard InChI is InChI=1S/C21H15F3N4O2/c22-21(23,24)15-8-6-14(7-9-15)19-25-20(30-27-19)17-10-16-12-29-18(11-28(16)26-17)13-4-2-1-3-5-13/h1-10,18H,11-12H2/t18-/m0/s1. The Hall–Kier alpha value is -3.46. The van der Waals surface area contributed by atoms with Gasteiger partial charge in [0.05, 0.1) is 24.4 Å². The quantitative estimate of drug-likeness (QED) is 0.479. The van der Waals surface area contributed by atoms with Gasteiger partial charge in [0.1, 0.15) is 6.10 Å². The van der Waals surface area contributed by atoms with Crippen LogP contribution in [0.15, 0.2) is 65.2 Å². The van der Waals surface area contributed by atoms with Crippen molar-refractivity contribution in [2.24, 2.45) is 0 Å². The van der Waals surface area contributed by atoms with Crippen LogP contribution >= 0.6 is 0 Å². The maximum atomic E-state index is 12.7. The minimum Gasteiger partial charge on any atom is -0.365 e. The van der Waals surface area contributed by atoms with Crippen LogP contribution in [-0.4, -0.2) is 19.9 Å². The lowest BCUT2D eigenvalue weighted by molar-refractivity contribution is -0.137. The summed E-state index contributed by atoms with van der Waals surface area (Å²) in [6.45, 7) is 0.950. The fourth-order valence-electron chi connectivity index (χ4n) is 3.35. The maximum Gasteiger partial charge on any atom is 0.416 e. The van der Waals surface area contributed by atoms with E-state index in [1.54, 1.807) is 0 Å². The molecule has 0 aliphatic carbocycles. The molecule has 9 heteroatoms. The lowest BCUT2D eigenvalue weighted by Gasteiger charge is -2.24. The first-order valence-corrected chi connectivity index (χ1v) is 9.22. The fourth-order valence-corrected chi connectivity index (χ4v) is 3.35. The molecule has 0 saturated heterocycles. The normalized spacial score (nSPS) is 16.4. The van der Waals surface area contributed by atoms with Gasteiger partial charge in [-0.15, -0.1) is 0 Å². The minimum atomic E-state index is -4.39. The summed E-state index contributed by atoms with van der Waals surface area (Å²) in [5.74, 6) is 0.395. The van der Waals surface area contributed by atoms with Gasteiger partial charge in [0.15, 0.2) is 5.69 Å². The largest absolute Gasteiger partial charge is 0.416 e. The first-order chi connectivity index (χ1) is 14.5. The molecule has 0 spiro atoms. The van der Waals surface area contributed by atoms with Crippen molar-refractivity contribution >= 4 is 0 Å². The summed E-state index contributed by atoms with van der Waals surface area (Å²) in [5, 5.41) is 8.42. The summed E-state index contributed by atoms with van der Waals surface area (Å²) < 4.78 is 51.2. The number of alkyl halides is 3. The second kappa shape index (κ2) is 7.10. The van der Waals surface area contributed by atoms with Gasteiger partial charge in [-0.3, -0.25) is 4.68 Å². The van der Waals surface area contributed by atoms with Crippen LogP contribution in [0.25, 0.3) is 23.0 Å². The highest BCUT2D eigenvalue weighted by molar-refractivity contribution is 5.58. The molecule has 2 aromatic heterocycles. The smallest absolute Gasteiger partial charge is 0.365 e. The number of halogens is 3. The Balaban J connectivity index is 1.37. The van der Waals surface area contributed by atoms with Crippen LogP contribution in [0.3, 0.4) is 0 Å². The van der Waals surface area contributed by atoms with Crippen LogP contribution in [0, 0.1) is 0 Å². The highest BCUT2D eigenvalue weighted by Gasteiger charge is 2.30. The Kier molecular flexibility index (Phi) is 4.39. The molecule has 0 radical (unpaired) electrons. The Morgan fingerprint density at radius 3 is 2.50 bits per heavy atom. The maximum absolute atomic E-state index is 12.7. The average molecular weight is 412 g/mol. The van der Waals surface area contributed by atoms with E-state index in [0.717, 1.165) is 23.4 Å². The number of rotatable bonds is 3. The molecule has 3 heterocycles. The molecule has 0 bridgehead atoms. The number of aromatic nitrogens is 4. The van der Waals surface area contributed by atoms with Crippen molar-refractivity contribution in [2.75, 3.05) is 0 Å². The number of fused-ring (bicyclic) bond motifs is 1. The van der Waals surface area contributed by atoms with Crippen molar-refractivity contribution in [3.05, 3.63) is 77.5 Å². The zero-order chi connectivity index (χ0) is 20.7. The van der Waals surface area contributed by atoms with E-state index in [2.05, 4.69) is 15.2 Å². The number of hydrogen-bond donors (Lipinski definition) is 0. The Morgan fingerprint density at radius 2 is 1.77 bits per heavy atom. The van der Waals surface area contributed by atoms with E-state index in [1.807, 2.05) is 41.1 Å². The van der Waals surface area contributed by atoms with Crippen LogP contribution in [0.4, 0.5) is 13.2 Å². The summed E-state index contributed by atoms with van der Waals surface area (Å²) in [6.07, 6.45) is -4.49. The summed E-state index contributed by atoms with van der Waals surface area (Å²) in [6, 6.07) is 16.3. The lowest BCUT2D eigenvalue weighted by Crippen LogP contribution is -2.21. The van der Waals surface area contributed by atoms with Crippen LogP contribution in [0.2, 0.25) is 0 Å². The molecule has 30 heavy (non-hydrogen) atoms. The summed E-state index contributed by atoms with van der Waals surface area (Å²) in [5.41, 5.74) is 2.14. The SMILES string of the molecule is FC(F)(F)c1ccc(-c2noc(-c3cc4n(n3)C[C@@H](c3ccccc3)OC4)n2)cc1. The van der Waals surface area contributed by atoms with Gasteiger partial charge in [0, 0.05) is 5.56 Å². The molecular formula is C21H15F3N4O2. The van der Waals surface area contributed by atoms with E-state index in [4.69, 9.17) is 9.26 Å². The van der Waals surface area contributed by atoms with E-state index >= 15 is 0 Å². The summed E-state index contributed by atoms with van der Waals surface area (Å²) in [4.78, 5) is 4.29. The van der Waals surface area contributed by atoms with Crippen molar-refractivity contribution in [3.63, 3.8) is 0 Å². The molecule has 4 aromatic rings. The van der Waals surface area contributed by atoms with Crippen molar-refractivity contribution in [2.45, 2.75) is 25.4 Å². The van der Waals surface area contributed by atoms with Gasteiger partial charge in [0.2, 0.25) is 5.82 Å². The zero-order valence-corrected chi connectivity index (χ0v) is 15.5. The molecule has 0 saturated carbocycles. The Labute approximate surface area is 168 Å².